The molecule has 8 aromatic carbocycles. The summed E-state index contributed by atoms with van der Waals surface area (Å²) < 4.78 is 11.1. The monoisotopic (exact) mass is 746 g/mol. The molecule has 6 heteroatoms. The molecule has 0 amide bonds. The van der Waals surface area contributed by atoms with Crippen LogP contribution in [0.15, 0.2) is 186 Å². The average Bonchev–Trinajstić information content (AvgIpc) is 3.95. The molecular formula is C51H30N4OS. The van der Waals surface area contributed by atoms with Gasteiger partial charge in [-0.3, -0.25) is 0 Å². The molecule has 0 aliphatic rings. The van der Waals surface area contributed by atoms with Crippen molar-refractivity contribution >= 4 is 75.3 Å². The normalized spacial score (nSPS) is 11.9. The van der Waals surface area contributed by atoms with Crippen molar-refractivity contribution in [2.24, 2.45) is 0 Å². The fraction of sp³-hybridized carbons (Fsp3) is 0. The third-order valence-electron chi connectivity index (χ3n) is 11.1. The van der Waals surface area contributed by atoms with E-state index in [4.69, 9.17) is 19.4 Å². The number of furan rings is 1. The van der Waals surface area contributed by atoms with Crippen LogP contribution in [0.25, 0.3) is 115 Å². The van der Waals surface area contributed by atoms with Gasteiger partial charge in [0.05, 0.1) is 11.0 Å². The van der Waals surface area contributed by atoms with Crippen LogP contribution in [0, 0.1) is 0 Å². The fourth-order valence-electron chi connectivity index (χ4n) is 8.41. The van der Waals surface area contributed by atoms with Crippen LogP contribution in [0.4, 0.5) is 0 Å². The van der Waals surface area contributed by atoms with Crippen molar-refractivity contribution in [2.75, 3.05) is 0 Å². The molecule has 0 N–H and O–H groups in total. The van der Waals surface area contributed by atoms with Gasteiger partial charge in [-0.05, 0) is 59.7 Å². The van der Waals surface area contributed by atoms with Gasteiger partial charge in [0.2, 0.25) is 0 Å². The zero-order chi connectivity index (χ0) is 37.5. The van der Waals surface area contributed by atoms with Gasteiger partial charge in [0, 0.05) is 64.1 Å². The lowest BCUT2D eigenvalue weighted by Crippen LogP contribution is -1.99. The van der Waals surface area contributed by atoms with Crippen molar-refractivity contribution in [3.63, 3.8) is 0 Å². The SMILES string of the molecule is c1ccc(-c2nc(-c3ccccc3)nc(-c3ccc4c(c3)sc3cc(-n5c6ccccc6c6c(-c7ccc8c(c7)oc7ccccc78)cccc65)ccc34)n2)cc1. The molecule has 0 aliphatic carbocycles. The van der Waals surface area contributed by atoms with Crippen LogP contribution in [0.2, 0.25) is 0 Å². The first kappa shape index (κ1) is 31.9. The Hall–Kier alpha value is -7.41. The number of hydrogen-bond donors (Lipinski definition) is 0. The quantitative estimate of drug-likeness (QED) is 0.176. The second-order valence-electron chi connectivity index (χ2n) is 14.4. The van der Waals surface area contributed by atoms with Gasteiger partial charge in [-0.1, -0.05) is 133 Å². The van der Waals surface area contributed by atoms with E-state index in [2.05, 4.69) is 114 Å². The van der Waals surface area contributed by atoms with Crippen molar-refractivity contribution in [1.82, 2.24) is 19.5 Å². The first-order chi connectivity index (χ1) is 28.2. The first-order valence-electron chi connectivity index (χ1n) is 19.0. The zero-order valence-electron chi connectivity index (χ0n) is 30.4. The van der Waals surface area contributed by atoms with E-state index in [9.17, 15) is 0 Å². The van der Waals surface area contributed by atoms with Gasteiger partial charge in [-0.2, -0.15) is 0 Å². The van der Waals surface area contributed by atoms with Crippen molar-refractivity contribution in [1.29, 1.82) is 0 Å². The Kier molecular flexibility index (Phi) is 7.03. The van der Waals surface area contributed by atoms with Crippen LogP contribution in [-0.4, -0.2) is 19.5 Å². The molecule has 0 spiro atoms. The standard InChI is InChI=1S/C51H30N4OS/c1-3-12-31(13-4-1)49-52-50(32-14-5-2-6-15-32)54-51(53-49)34-23-26-39-40-27-24-35(30-47(40)57-46(39)29-34)55-42-19-9-7-17-41(42)48-36(18-11-20-43(48)55)33-22-25-38-37-16-8-10-21-44(37)56-45(38)28-33/h1-30H. The summed E-state index contributed by atoms with van der Waals surface area (Å²) in [7, 11) is 0. The third-order valence-corrected chi connectivity index (χ3v) is 12.2. The molecule has 4 heterocycles. The molecule has 0 atom stereocenters. The van der Waals surface area contributed by atoms with E-state index in [0.717, 1.165) is 49.9 Å². The molecule has 266 valence electrons. The summed E-state index contributed by atoms with van der Waals surface area (Å²) in [6, 6.07) is 63.9. The molecule has 0 saturated heterocycles. The van der Waals surface area contributed by atoms with E-state index in [0.29, 0.717) is 17.5 Å². The van der Waals surface area contributed by atoms with Gasteiger partial charge < -0.3 is 8.98 Å². The summed E-state index contributed by atoms with van der Waals surface area (Å²) in [5.41, 5.74) is 10.5. The Bertz CT molecular complexity index is 3470. The summed E-state index contributed by atoms with van der Waals surface area (Å²) in [6.07, 6.45) is 0. The predicted molar refractivity (Wildman–Crippen MR) is 236 cm³/mol. The van der Waals surface area contributed by atoms with Crippen molar-refractivity contribution < 1.29 is 4.42 Å². The molecule has 57 heavy (non-hydrogen) atoms. The van der Waals surface area contributed by atoms with E-state index in [1.54, 1.807) is 11.3 Å². The highest BCUT2D eigenvalue weighted by molar-refractivity contribution is 7.25. The molecule has 0 radical (unpaired) electrons. The van der Waals surface area contributed by atoms with Crippen LogP contribution in [0.3, 0.4) is 0 Å². The molecular weight excluding hydrogens is 717 g/mol. The molecule has 0 aliphatic heterocycles. The van der Waals surface area contributed by atoms with Gasteiger partial charge in [-0.25, -0.2) is 15.0 Å². The van der Waals surface area contributed by atoms with Crippen LogP contribution >= 0.6 is 11.3 Å². The van der Waals surface area contributed by atoms with Crippen LogP contribution in [0.1, 0.15) is 0 Å². The lowest BCUT2D eigenvalue weighted by Gasteiger charge is -2.09. The Morgan fingerprint density at radius 3 is 1.74 bits per heavy atom. The Labute approximate surface area is 330 Å². The summed E-state index contributed by atoms with van der Waals surface area (Å²) in [5.74, 6) is 1.97. The van der Waals surface area contributed by atoms with Crippen molar-refractivity contribution in [3.8, 4) is 51.0 Å². The topological polar surface area (TPSA) is 56.7 Å². The Morgan fingerprint density at radius 2 is 0.965 bits per heavy atom. The number of para-hydroxylation sites is 2. The van der Waals surface area contributed by atoms with E-state index < -0.39 is 0 Å². The second kappa shape index (κ2) is 12.6. The summed E-state index contributed by atoms with van der Waals surface area (Å²) >= 11 is 1.80. The summed E-state index contributed by atoms with van der Waals surface area (Å²) in [4.78, 5) is 14.9. The summed E-state index contributed by atoms with van der Waals surface area (Å²) in [6.45, 7) is 0. The highest BCUT2D eigenvalue weighted by Crippen LogP contribution is 2.42. The maximum absolute atomic E-state index is 6.32. The molecule has 12 aromatic rings. The number of hydrogen-bond acceptors (Lipinski definition) is 5. The van der Waals surface area contributed by atoms with E-state index >= 15 is 0 Å². The number of nitrogens with zero attached hydrogens (tertiary/aromatic N) is 4. The van der Waals surface area contributed by atoms with Gasteiger partial charge in [0.15, 0.2) is 17.5 Å². The number of rotatable bonds is 5. The average molecular weight is 747 g/mol. The maximum atomic E-state index is 6.32. The molecule has 0 saturated carbocycles. The number of fused-ring (bicyclic) bond motifs is 9. The largest absolute Gasteiger partial charge is 0.456 e. The minimum absolute atomic E-state index is 0.656. The molecule has 5 nitrogen and oxygen atoms in total. The third kappa shape index (κ3) is 5.12. The number of benzene rings is 8. The lowest BCUT2D eigenvalue weighted by molar-refractivity contribution is 0.669. The van der Waals surface area contributed by atoms with Crippen LogP contribution in [-0.2, 0) is 0 Å². The van der Waals surface area contributed by atoms with Crippen molar-refractivity contribution in [3.05, 3.63) is 182 Å². The highest BCUT2D eigenvalue weighted by atomic mass is 32.1. The molecule has 0 bridgehead atoms. The number of aromatic nitrogens is 4. The van der Waals surface area contributed by atoms with Gasteiger partial charge >= 0.3 is 0 Å². The minimum Gasteiger partial charge on any atom is -0.456 e. The van der Waals surface area contributed by atoms with Gasteiger partial charge in [0.25, 0.3) is 0 Å². The number of thiophene rings is 1. The van der Waals surface area contributed by atoms with Crippen LogP contribution < -0.4 is 0 Å². The fourth-order valence-corrected chi connectivity index (χ4v) is 9.59. The molecule has 0 unspecified atom stereocenters. The molecule has 4 aromatic heterocycles. The Balaban J connectivity index is 0.989. The first-order valence-corrected chi connectivity index (χ1v) is 19.8. The molecule has 0 fully saturated rings. The second-order valence-corrected chi connectivity index (χ2v) is 15.5. The minimum atomic E-state index is 0.656. The van der Waals surface area contributed by atoms with Gasteiger partial charge in [0.1, 0.15) is 11.2 Å². The Morgan fingerprint density at radius 1 is 0.386 bits per heavy atom. The summed E-state index contributed by atoms with van der Waals surface area (Å²) in [5, 5.41) is 7.17. The van der Waals surface area contributed by atoms with Crippen LogP contribution in [0.5, 0.6) is 0 Å². The predicted octanol–water partition coefficient (Wildman–Crippen LogP) is 13.9. The van der Waals surface area contributed by atoms with E-state index in [1.807, 2.05) is 72.8 Å². The van der Waals surface area contributed by atoms with Gasteiger partial charge in [-0.15, -0.1) is 11.3 Å². The highest BCUT2D eigenvalue weighted by Gasteiger charge is 2.19. The maximum Gasteiger partial charge on any atom is 0.164 e. The van der Waals surface area contributed by atoms with E-state index in [1.165, 1.54) is 47.5 Å². The van der Waals surface area contributed by atoms with Crippen molar-refractivity contribution in [2.45, 2.75) is 0 Å². The smallest absolute Gasteiger partial charge is 0.164 e. The van der Waals surface area contributed by atoms with E-state index in [-0.39, 0.29) is 0 Å². The lowest BCUT2D eigenvalue weighted by atomic mass is 9.98. The zero-order valence-corrected chi connectivity index (χ0v) is 31.2. The molecule has 12 rings (SSSR count).